The van der Waals surface area contributed by atoms with E-state index >= 15 is 0 Å². The fourth-order valence-electron chi connectivity index (χ4n) is 2.76. The summed E-state index contributed by atoms with van der Waals surface area (Å²) >= 11 is 1.37. The van der Waals surface area contributed by atoms with Crippen molar-refractivity contribution in [2.75, 3.05) is 13.2 Å². The van der Waals surface area contributed by atoms with Crippen LogP contribution in [0.15, 0.2) is 17.3 Å². The molecule has 0 fully saturated rings. The Balaban J connectivity index is 2.20. The second kappa shape index (κ2) is 8.84. The molecule has 0 aromatic carbocycles. The van der Waals surface area contributed by atoms with Crippen LogP contribution in [-0.4, -0.2) is 37.2 Å². The van der Waals surface area contributed by atoms with E-state index in [1.807, 2.05) is 26.8 Å². The largest absolute Gasteiger partial charge is 0.463 e. The highest BCUT2D eigenvalue weighted by molar-refractivity contribution is 7.14. The molecule has 8 heteroatoms. The molecule has 1 atom stereocenters. The summed E-state index contributed by atoms with van der Waals surface area (Å²) in [6, 6.07) is 0.905. The lowest BCUT2D eigenvalue weighted by molar-refractivity contribution is -0.139. The van der Waals surface area contributed by atoms with Crippen LogP contribution in [-0.2, 0) is 20.7 Å². The predicted octanol–water partition coefficient (Wildman–Crippen LogP) is 2.68. The van der Waals surface area contributed by atoms with Crippen LogP contribution in [0.2, 0.25) is 0 Å². The van der Waals surface area contributed by atoms with Crippen molar-refractivity contribution in [1.29, 1.82) is 0 Å². The van der Waals surface area contributed by atoms with Crippen LogP contribution in [0.1, 0.15) is 47.3 Å². The lowest BCUT2D eigenvalue weighted by Gasteiger charge is -2.28. The van der Waals surface area contributed by atoms with E-state index in [9.17, 15) is 14.4 Å². The summed E-state index contributed by atoms with van der Waals surface area (Å²) < 4.78 is 10.4. The Labute approximate surface area is 156 Å². The van der Waals surface area contributed by atoms with Gasteiger partial charge in [-0.3, -0.25) is 0 Å². The Hall–Kier alpha value is -2.35. The third-order valence-electron chi connectivity index (χ3n) is 4.10. The van der Waals surface area contributed by atoms with E-state index in [1.54, 1.807) is 6.92 Å². The van der Waals surface area contributed by atoms with Gasteiger partial charge in [0.2, 0.25) is 0 Å². The Kier molecular flexibility index (Phi) is 6.79. The molecule has 2 N–H and O–H groups in total. The Morgan fingerprint density at radius 3 is 2.50 bits per heavy atom. The maximum Gasteiger partial charge on any atom is 0.348 e. The van der Waals surface area contributed by atoms with Crippen molar-refractivity contribution in [3.05, 3.63) is 32.7 Å². The van der Waals surface area contributed by atoms with Crippen LogP contribution in [0.3, 0.4) is 0 Å². The molecule has 0 unspecified atom stereocenters. The minimum absolute atomic E-state index is 0.199. The molecule has 142 valence electrons. The first kappa shape index (κ1) is 20.0. The van der Waals surface area contributed by atoms with Crippen LogP contribution in [0.5, 0.6) is 0 Å². The van der Waals surface area contributed by atoms with E-state index in [2.05, 4.69) is 10.6 Å². The minimum atomic E-state index is -0.530. The predicted molar refractivity (Wildman–Crippen MR) is 98.1 cm³/mol. The second-order valence-electron chi connectivity index (χ2n) is 5.79. The highest BCUT2D eigenvalue weighted by Crippen LogP contribution is 2.23. The summed E-state index contributed by atoms with van der Waals surface area (Å²) in [5, 5.41) is 5.24. The van der Waals surface area contributed by atoms with Gasteiger partial charge in [0.15, 0.2) is 0 Å². The number of urea groups is 1. The fraction of sp³-hybridized carbons (Fsp3) is 0.500. The summed E-state index contributed by atoms with van der Waals surface area (Å²) in [4.78, 5) is 38.0. The quantitative estimate of drug-likeness (QED) is 0.710. The first-order valence-electron chi connectivity index (χ1n) is 8.65. The molecule has 2 heterocycles. The van der Waals surface area contributed by atoms with E-state index in [0.717, 1.165) is 16.9 Å². The number of hydrogen-bond donors (Lipinski definition) is 2. The topological polar surface area (TPSA) is 93.7 Å². The van der Waals surface area contributed by atoms with Gasteiger partial charge in [-0.2, -0.15) is 0 Å². The van der Waals surface area contributed by atoms with Gasteiger partial charge in [-0.1, -0.05) is 13.8 Å². The highest BCUT2D eigenvalue weighted by atomic mass is 32.1. The van der Waals surface area contributed by atoms with Gasteiger partial charge in [-0.25, -0.2) is 14.4 Å². The number of carbonyl (C=O) groups is 3. The van der Waals surface area contributed by atoms with E-state index < -0.39 is 24.0 Å². The zero-order valence-corrected chi connectivity index (χ0v) is 16.2. The molecule has 0 spiro atoms. The van der Waals surface area contributed by atoms with Gasteiger partial charge < -0.3 is 20.1 Å². The lowest BCUT2D eigenvalue weighted by atomic mass is 10.0. The van der Waals surface area contributed by atoms with Gasteiger partial charge in [-0.15, -0.1) is 11.3 Å². The smallest absolute Gasteiger partial charge is 0.348 e. The molecule has 2 amide bonds. The average Bonchev–Trinajstić information content (AvgIpc) is 3.00. The zero-order valence-electron chi connectivity index (χ0n) is 15.4. The SMILES string of the molecule is CCOC(=O)C1=C(COC(=O)c2cc(CC)c(C)s2)NC(=O)N[C@H]1CC. The number of nitrogens with one attached hydrogen (secondary N) is 2. The van der Waals surface area contributed by atoms with E-state index in [0.29, 0.717) is 16.9 Å². The summed E-state index contributed by atoms with van der Waals surface area (Å²) in [6.45, 7) is 7.55. The first-order chi connectivity index (χ1) is 12.4. The number of esters is 2. The maximum absolute atomic E-state index is 12.3. The second-order valence-corrected chi connectivity index (χ2v) is 7.05. The number of thiophene rings is 1. The summed E-state index contributed by atoms with van der Waals surface area (Å²) in [5.74, 6) is -1.01. The molecule has 0 aliphatic carbocycles. The molecule has 1 aliphatic heterocycles. The minimum Gasteiger partial charge on any atom is -0.463 e. The number of ether oxygens (including phenoxy) is 2. The Bertz CT molecular complexity index is 738. The third kappa shape index (κ3) is 4.43. The van der Waals surface area contributed by atoms with E-state index in [4.69, 9.17) is 9.47 Å². The van der Waals surface area contributed by atoms with Gasteiger partial charge in [0, 0.05) is 4.88 Å². The molecule has 0 saturated carbocycles. The number of aryl methyl sites for hydroxylation is 2. The lowest BCUT2D eigenvalue weighted by Crippen LogP contribution is -2.51. The third-order valence-corrected chi connectivity index (χ3v) is 5.17. The maximum atomic E-state index is 12.3. The molecule has 0 radical (unpaired) electrons. The average molecular weight is 380 g/mol. The van der Waals surface area contributed by atoms with Crippen molar-refractivity contribution < 1.29 is 23.9 Å². The van der Waals surface area contributed by atoms with Crippen molar-refractivity contribution in [2.45, 2.75) is 46.6 Å². The normalized spacial score (nSPS) is 16.8. The zero-order chi connectivity index (χ0) is 19.3. The van der Waals surface area contributed by atoms with Crippen LogP contribution in [0.25, 0.3) is 0 Å². The molecule has 0 saturated heterocycles. The molecule has 1 aromatic heterocycles. The van der Waals surface area contributed by atoms with E-state index in [1.165, 1.54) is 11.3 Å². The van der Waals surface area contributed by atoms with Crippen molar-refractivity contribution in [2.24, 2.45) is 0 Å². The molecular weight excluding hydrogens is 356 g/mol. The molecule has 2 rings (SSSR count). The van der Waals surface area contributed by atoms with Gasteiger partial charge in [-0.05, 0) is 38.3 Å². The van der Waals surface area contributed by atoms with Crippen molar-refractivity contribution >= 4 is 29.3 Å². The first-order valence-corrected chi connectivity index (χ1v) is 9.46. The number of amides is 2. The molecule has 26 heavy (non-hydrogen) atoms. The summed E-state index contributed by atoms with van der Waals surface area (Å²) in [7, 11) is 0. The monoisotopic (exact) mass is 380 g/mol. The molecule has 1 aromatic rings. The van der Waals surface area contributed by atoms with Crippen LogP contribution >= 0.6 is 11.3 Å². The van der Waals surface area contributed by atoms with Crippen molar-refractivity contribution in [1.82, 2.24) is 10.6 Å². The van der Waals surface area contributed by atoms with Crippen molar-refractivity contribution in [3.63, 3.8) is 0 Å². The summed E-state index contributed by atoms with van der Waals surface area (Å²) in [5.41, 5.74) is 1.66. The highest BCUT2D eigenvalue weighted by Gasteiger charge is 2.32. The fourth-order valence-corrected chi connectivity index (χ4v) is 3.76. The van der Waals surface area contributed by atoms with Crippen molar-refractivity contribution in [3.8, 4) is 0 Å². The number of hydrogen-bond acceptors (Lipinski definition) is 6. The Morgan fingerprint density at radius 1 is 1.19 bits per heavy atom. The number of carbonyl (C=O) groups excluding carboxylic acids is 3. The molecular formula is C18H24N2O5S. The van der Waals surface area contributed by atoms with Crippen LogP contribution in [0, 0.1) is 6.92 Å². The van der Waals surface area contributed by atoms with Gasteiger partial charge in [0.25, 0.3) is 0 Å². The van der Waals surface area contributed by atoms with Gasteiger partial charge in [0.05, 0.1) is 23.9 Å². The standard InChI is InChI=1S/C18H24N2O5S/c1-5-11-8-14(26-10(11)4)16(21)25-9-13-15(17(22)24-7-3)12(6-2)19-18(23)20-13/h8,12H,5-7,9H2,1-4H3,(H2,19,20,23)/t12-/m0/s1. The summed E-state index contributed by atoms with van der Waals surface area (Å²) in [6.07, 6.45) is 1.36. The Morgan fingerprint density at radius 2 is 1.92 bits per heavy atom. The van der Waals surface area contributed by atoms with E-state index in [-0.39, 0.29) is 18.9 Å². The van der Waals surface area contributed by atoms with Gasteiger partial charge >= 0.3 is 18.0 Å². The molecule has 0 bridgehead atoms. The van der Waals surface area contributed by atoms with Crippen LogP contribution in [0.4, 0.5) is 4.79 Å². The van der Waals surface area contributed by atoms with Crippen LogP contribution < -0.4 is 10.6 Å². The number of rotatable bonds is 7. The van der Waals surface area contributed by atoms with Gasteiger partial charge in [0.1, 0.15) is 11.5 Å². The molecule has 7 nitrogen and oxygen atoms in total. The molecule has 1 aliphatic rings.